The van der Waals surface area contributed by atoms with E-state index >= 15 is 0 Å². The summed E-state index contributed by atoms with van der Waals surface area (Å²) in [4.78, 5) is 0. The fourth-order valence-electron chi connectivity index (χ4n) is 3.14. The van der Waals surface area contributed by atoms with Crippen molar-refractivity contribution in [2.24, 2.45) is 0 Å². The first kappa shape index (κ1) is 18.7. The lowest BCUT2D eigenvalue weighted by molar-refractivity contribution is -0.263. The van der Waals surface area contributed by atoms with E-state index in [2.05, 4.69) is 4.18 Å². The lowest BCUT2D eigenvalue weighted by atomic mass is 9.89. The molecule has 11 heteroatoms. The average Bonchev–Trinajstić information content (AvgIpc) is 2.62. The van der Waals surface area contributed by atoms with E-state index in [0.717, 1.165) is 6.08 Å². The number of fused-ring (bicyclic) bond motifs is 2. The van der Waals surface area contributed by atoms with Crippen LogP contribution in [0.4, 0.5) is 13.2 Å². The van der Waals surface area contributed by atoms with Gasteiger partial charge in [-0.3, -0.25) is 0 Å². The zero-order valence-electron chi connectivity index (χ0n) is 13.6. The number of rotatable bonds is 2. The van der Waals surface area contributed by atoms with Crippen LogP contribution < -0.4 is 0 Å². The van der Waals surface area contributed by atoms with Crippen LogP contribution in [-0.2, 0) is 33.2 Å². The molecular weight excluding hydrogens is 369 g/mol. The second kappa shape index (κ2) is 6.29. The Labute approximate surface area is 143 Å². The van der Waals surface area contributed by atoms with Crippen molar-refractivity contribution in [2.45, 2.75) is 68.8 Å². The molecule has 0 aromatic heterocycles. The van der Waals surface area contributed by atoms with Gasteiger partial charge in [-0.25, -0.2) is 0 Å². The van der Waals surface area contributed by atoms with Gasteiger partial charge in [0.05, 0.1) is 12.7 Å². The number of alkyl halides is 3. The summed E-state index contributed by atoms with van der Waals surface area (Å²) in [5.41, 5.74) is -6.56. The fourth-order valence-corrected chi connectivity index (χ4v) is 3.55. The highest BCUT2D eigenvalue weighted by atomic mass is 32.2. The van der Waals surface area contributed by atoms with Gasteiger partial charge in [-0.2, -0.15) is 21.6 Å². The Bertz CT molecular complexity index is 647. The Hall–Kier alpha value is -1.04. The minimum absolute atomic E-state index is 0.151. The van der Waals surface area contributed by atoms with Crippen LogP contribution >= 0.6 is 0 Å². The molecule has 0 radical (unpaired) electrons. The van der Waals surface area contributed by atoms with Crippen molar-refractivity contribution in [1.82, 2.24) is 0 Å². The molecule has 144 valence electrons. The molecule has 3 aliphatic rings. The molecule has 0 aromatic carbocycles. The predicted octanol–water partition coefficient (Wildman–Crippen LogP) is 2.18. The highest BCUT2D eigenvalue weighted by Gasteiger charge is 2.52. The highest BCUT2D eigenvalue weighted by Crippen LogP contribution is 2.41. The minimum atomic E-state index is -5.78. The van der Waals surface area contributed by atoms with E-state index in [1.165, 1.54) is 0 Å². The van der Waals surface area contributed by atoms with Gasteiger partial charge in [0.15, 0.2) is 6.29 Å². The van der Waals surface area contributed by atoms with Crippen molar-refractivity contribution in [2.75, 3.05) is 6.61 Å². The van der Waals surface area contributed by atoms with Crippen LogP contribution in [0.1, 0.15) is 33.1 Å². The van der Waals surface area contributed by atoms with E-state index in [-0.39, 0.29) is 24.9 Å². The van der Waals surface area contributed by atoms with Gasteiger partial charge in [-0.05, 0) is 26.7 Å². The van der Waals surface area contributed by atoms with Crippen molar-refractivity contribution < 1.29 is 44.7 Å². The van der Waals surface area contributed by atoms with Gasteiger partial charge in [0.1, 0.15) is 17.8 Å². The maximum Gasteiger partial charge on any atom is 0.534 e. The zero-order valence-corrected chi connectivity index (χ0v) is 14.4. The first-order valence-electron chi connectivity index (χ1n) is 7.83. The summed E-state index contributed by atoms with van der Waals surface area (Å²) in [5.74, 6) is -0.685. The number of halogens is 3. The van der Waals surface area contributed by atoms with Gasteiger partial charge in [0.2, 0.25) is 0 Å². The normalized spacial score (nSPS) is 39.3. The first-order chi connectivity index (χ1) is 11.5. The molecule has 3 rings (SSSR count). The molecule has 0 N–H and O–H groups in total. The SMILES string of the molecule is C[C@@H]1OC[C@H]2O[C@H]3CC=C(OS(=O)(=O)C(F)(F)F)O[C@]3(C)CC[C@@H]2O1. The van der Waals surface area contributed by atoms with E-state index in [1.807, 2.05) is 0 Å². The lowest BCUT2D eigenvalue weighted by Crippen LogP contribution is -2.48. The summed E-state index contributed by atoms with van der Waals surface area (Å²) in [5, 5.41) is 0. The van der Waals surface area contributed by atoms with Gasteiger partial charge in [-0.15, -0.1) is 0 Å². The molecule has 0 aromatic rings. The minimum Gasteiger partial charge on any atom is -0.456 e. The Morgan fingerprint density at radius 3 is 2.68 bits per heavy atom. The lowest BCUT2D eigenvalue weighted by Gasteiger charge is -2.40. The molecule has 0 saturated carbocycles. The Kier molecular flexibility index (Phi) is 4.71. The van der Waals surface area contributed by atoms with Crippen molar-refractivity contribution >= 4 is 10.1 Å². The molecule has 5 atom stereocenters. The smallest absolute Gasteiger partial charge is 0.456 e. The van der Waals surface area contributed by atoms with Gasteiger partial charge in [-0.1, -0.05) is 0 Å². The summed E-state index contributed by atoms with van der Waals surface area (Å²) < 4.78 is 86.3. The van der Waals surface area contributed by atoms with Crippen molar-refractivity contribution in [3.05, 3.63) is 12.0 Å². The highest BCUT2D eigenvalue weighted by molar-refractivity contribution is 7.87. The Balaban J connectivity index is 1.74. The third kappa shape index (κ3) is 3.74. The maximum absolute atomic E-state index is 12.5. The van der Waals surface area contributed by atoms with Crippen molar-refractivity contribution in [1.29, 1.82) is 0 Å². The molecule has 0 spiro atoms. The third-order valence-corrected chi connectivity index (χ3v) is 5.48. The zero-order chi connectivity index (χ0) is 18.5. The van der Waals surface area contributed by atoms with Crippen molar-refractivity contribution in [3.8, 4) is 0 Å². The van der Waals surface area contributed by atoms with E-state index in [0.29, 0.717) is 19.4 Å². The number of ether oxygens (including phenoxy) is 4. The second-order valence-corrected chi connectivity index (χ2v) is 7.97. The largest absolute Gasteiger partial charge is 0.534 e. The monoisotopic (exact) mass is 388 g/mol. The summed E-state index contributed by atoms with van der Waals surface area (Å²) in [6, 6.07) is 0. The van der Waals surface area contributed by atoms with Crippen LogP contribution in [0.2, 0.25) is 0 Å². The Morgan fingerprint density at radius 2 is 2.00 bits per heavy atom. The van der Waals surface area contributed by atoms with Gasteiger partial charge in [0, 0.05) is 12.5 Å². The van der Waals surface area contributed by atoms with Crippen LogP contribution in [0.15, 0.2) is 12.0 Å². The summed E-state index contributed by atoms with van der Waals surface area (Å²) in [6.45, 7) is 3.76. The quantitative estimate of drug-likeness (QED) is 0.530. The van der Waals surface area contributed by atoms with Gasteiger partial charge in [0.25, 0.3) is 5.95 Å². The standard InChI is InChI=1S/C14H19F3O7S/c1-8-20-7-10-9(21-8)5-6-13(2)11(22-10)3-4-12(23-13)24-25(18,19)14(15,16)17/h4,8-11H,3,5-7H2,1-2H3/t8-,9+,10-,11+,13-/m1/s1. The number of hydrogen-bond acceptors (Lipinski definition) is 7. The van der Waals surface area contributed by atoms with Crippen LogP contribution in [0.25, 0.3) is 0 Å². The summed E-state index contributed by atoms with van der Waals surface area (Å²) >= 11 is 0. The van der Waals surface area contributed by atoms with Gasteiger partial charge >= 0.3 is 15.6 Å². The van der Waals surface area contributed by atoms with Crippen LogP contribution in [0, 0.1) is 0 Å². The van der Waals surface area contributed by atoms with Crippen LogP contribution in [0.3, 0.4) is 0 Å². The topological polar surface area (TPSA) is 80.3 Å². The van der Waals surface area contributed by atoms with Crippen LogP contribution in [-0.4, -0.2) is 50.7 Å². The first-order valence-corrected chi connectivity index (χ1v) is 9.23. The van der Waals surface area contributed by atoms with Crippen molar-refractivity contribution in [3.63, 3.8) is 0 Å². The molecular formula is C14H19F3O7S. The Morgan fingerprint density at radius 1 is 1.28 bits per heavy atom. The molecule has 25 heavy (non-hydrogen) atoms. The molecule has 0 bridgehead atoms. The van der Waals surface area contributed by atoms with E-state index in [4.69, 9.17) is 18.9 Å². The molecule has 0 aliphatic carbocycles. The van der Waals surface area contributed by atoms with E-state index < -0.39 is 33.3 Å². The molecule has 3 heterocycles. The van der Waals surface area contributed by atoms with E-state index in [1.54, 1.807) is 13.8 Å². The summed E-state index contributed by atoms with van der Waals surface area (Å²) in [6.07, 6.45) is 0.834. The molecule has 2 fully saturated rings. The van der Waals surface area contributed by atoms with Crippen LogP contribution in [0.5, 0.6) is 0 Å². The predicted molar refractivity (Wildman–Crippen MR) is 76.4 cm³/mol. The van der Waals surface area contributed by atoms with Gasteiger partial charge < -0.3 is 23.1 Å². The molecule has 7 nitrogen and oxygen atoms in total. The number of hydrogen-bond donors (Lipinski definition) is 0. The maximum atomic E-state index is 12.5. The average molecular weight is 388 g/mol. The molecule has 2 saturated heterocycles. The molecule has 3 aliphatic heterocycles. The fraction of sp³-hybridized carbons (Fsp3) is 0.857. The molecule has 0 amide bonds. The molecule has 0 unspecified atom stereocenters. The third-order valence-electron chi connectivity index (χ3n) is 4.53. The second-order valence-electron chi connectivity index (χ2n) is 6.43. The van der Waals surface area contributed by atoms with E-state index in [9.17, 15) is 21.6 Å². The summed E-state index contributed by atoms with van der Waals surface area (Å²) in [7, 11) is -5.78.